The summed E-state index contributed by atoms with van der Waals surface area (Å²) in [6, 6.07) is 10.2. The molecule has 0 unspecified atom stereocenters. The lowest BCUT2D eigenvalue weighted by molar-refractivity contribution is 0.412. The summed E-state index contributed by atoms with van der Waals surface area (Å²) in [5, 5.41) is 13.8. The summed E-state index contributed by atoms with van der Waals surface area (Å²) < 4.78 is 20.5. The molecule has 0 fully saturated rings. The van der Waals surface area contributed by atoms with E-state index < -0.39 is 0 Å². The third-order valence-corrected chi connectivity index (χ3v) is 5.12. The summed E-state index contributed by atoms with van der Waals surface area (Å²) in [5.41, 5.74) is 10.2. The Morgan fingerprint density at radius 2 is 2.04 bits per heavy atom. The number of fused-ring (bicyclic) bond motifs is 1. The fourth-order valence-corrected chi connectivity index (χ4v) is 3.55. The molecule has 0 spiro atoms. The number of ether oxygens (including phenoxy) is 1. The van der Waals surface area contributed by atoms with E-state index in [-0.39, 0.29) is 5.82 Å². The van der Waals surface area contributed by atoms with Crippen LogP contribution in [0.1, 0.15) is 11.1 Å². The highest BCUT2D eigenvalue weighted by molar-refractivity contribution is 7.99. The van der Waals surface area contributed by atoms with Gasteiger partial charge in [0.2, 0.25) is 5.16 Å². The van der Waals surface area contributed by atoms with Gasteiger partial charge in [-0.25, -0.2) is 4.39 Å². The standard InChI is InChI=1S/C18H16FN5OS/c1-10-3-4-11(7-14(10)20)15-9-26-18-22-21-17(24(18)23-15)13-6-5-12(19)8-16(13)25-2/h3-8H,9,20H2,1-2H3. The number of anilines is 1. The lowest BCUT2D eigenvalue weighted by Crippen LogP contribution is -2.14. The molecule has 0 saturated heterocycles. The zero-order chi connectivity index (χ0) is 18.3. The average Bonchev–Trinajstić information content (AvgIpc) is 3.07. The first-order chi connectivity index (χ1) is 12.6. The molecule has 1 aliphatic heterocycles. The average molecular weight is 369 g/mol. The monoisotopic (exact) mass is 369 g/mol. The largest absolute Gasteiger partial charge is 0.496 e. The maximum absolute atomic E-state index is 13.5. The van der Waals surface area contributed by atoms with Gasteiger partial charge in [-0.2, -0.15) is 9.78 Å². The fourth-order valence-electron chi connectivity index (χ4n) is 2.71. The minimum atomic E-state index is -0.377. The molecule has 0 bridgehead atoms. The van der Waals surface area contributed by atoms with Gasteiger partial charge in [-0.3, -0.25) is 0 Å². The number of halogens is 1. The predicted octanol–water partition coefficient (Wildman–Crippen LogP) is 3.34. The molecule has 2 aromatic carbocycles. The minimum Gasteiger partial charge on any atom is -0.496 e. The smallest absolute Gasteiger partial charge is 0.212 e. The van der Waals surface area contributed by atoms with Crippen LogP contribution < -0.4 is 10.5 Å². The van der Waals surface area contributed by atoms with E-state index in [1.165, 1.54) is 31.0 Å². The van der Waals surface area contributed by atoms with Crippen LogP contribution >= 0.6 is 11.8 Å². The third kappa shape index (κ3) is 2.82. The quantitative estimate of drug-likeness (QED) is 0.717. The Bertz CT molecular complexity index is 1030. The van der Waals surface area contributed by atoms with E-state index in [4.69, 9.17) is 15.6 Å². The van der Waals surface area contributed by atoms with Crippen molar-refractivity contribution in [3.05, 3.63) is 53.3 Å². The molecular weight excluding hydrogens is 353 g/mol. The van der Waals surface area contributed by atoms with Gasteiger partial charge in [-0.1, -0.05) is 23.9 Å². The molecule has 1 aliphatic rings. The van der Waals surface area contributed by atoms with Crippen molar-refractivity contribution in [3.8, 4) is 17.1 Å². The molecule has 0 atom stereocenters. The lowest BCUT2D eigenvalue weighted by Gasteiger charge is -2.15. The molecule has 0 radical (unpaired) electrons. The van der Waals surface area contributed by atoms with Crippen molar-refractivity contribution < 1.29 is 9.13 Å². The number of nitrogens with zero attached hydrogens (tertiary/aromatic N) is 4. The van der Waals surface area contributed by atoms with Gasteiger partial charge in [0.25, 0.3) is 0 Å². The van der Waals surface area contributed by atoms with Crippen molar-refractivity contribution in [3.63, 3.8) is 0 Å². The van der Waals surface area contributed by atoms with Gasteiger partial charge in [0.1, 0.15) is 11.6 Å². The van der Waals surface area contributed by atoms with Crippen molar-refractivity contribution in [1.82, 2.24) is 14.9 Å². The van der Waals surface area contributed by atoms with E-state index in [1.54, 1.807) is 10.7 Å². The van der Waals surface area contributed by atoms with Crippen LogP contribution in [0.3, 0.4) is 0 Å². The number of benzene rings is 2. The zero-order valence-electron chi connectivity index (χ0n) is 14.2. The molecule has 0 amide bonds. The van der Waals surface area contributed by atoms with E-state index in [0.717, 1.165) is 22.5 Å². The number of rotatable bonds is 3. The summed E-state index contributed by atoms with van der Waals surface area (Å²) in [4.78, 5) is 0. The summed E-state index contributed by atoms with van der Waals surface area (Å²) in [6.07, 6.45) is 0. The summed E-state index contributed by atoms with van der Waals surface area (Å²) >= 11 is 1.54. The van der Waals surface area contributed by atoms with Crippen molar-refractivity contribution >= 4 is 23.2 Å². The number of aryl methyl sites for hydroxylation is 1. The van der Waals surface area contributed by atoms with Gasteiger partial charge in [-0.05, 0) is 30.7 Å². The predicted molar refractivity (Wildman–Crippen MR) is 100 cm³/mol. The molecule has 8 heteroatoms. The first kappa shape index (κ1) is 16.6. The fraction of sp³-hybridized carbons (Fsp3) is 0.167. The van der Waals surface area contributed by atoms with E-state index >= 15 is 0 Å². The first-order valence-corrected chi connectivity index (χ1v) is 8.92. The molecule has 3 aromatic rings. The van der Waals surface area contributed by atoms with Crippen LogP contribution in [-0.2, 0) is 0 Å². The lowest BCUT2D eigenvalue weighted by atomic mass is 10.1. The van der Waals surface area contributed by atoms with Gasteiger partial charge in [0, 0.05) is 23.1 Å². The number of methoxy groups -OCH3 is 1. The van der Waals surface area contributed by atoms with E-state index in [9.17, 15) is 4.39 Å². The van der Waals surface area contributed by atoms with Crippen molar-refractivity contribution in [2.75, 3.05) is 18.6 Å². The Balaban J connectivity index is 1.82. The van der Waals surface area contributed by atoms with Gasteiger partial charge in [0.15, 0.2) is 5.82 Å². The SMILES string of the molecule is COc1cc(F)ccc1-c1nnc2n1N=C(c1ccc(C)c(N)c1)CS2. The van der Waals surface area contributed by atoms with Crippen LogP contribution in [0.15, 0.2) is 46.7 Å². The highest BCUT2D eigenvalue weighted by Gasteiger charge is 2.23. The molecule has 0 aliphatic carbocycles. The first-order valence-electron chi connectivity index (χ1n) is 7.93. The molecular formula is C18H16FN5OS. The molecule has 2 N–H and O–H groups in total. The van der Waals surface area contributed by atoms with E-state index in [1.807, 2.05) is 25.1 Å². The third-order valence-electron chi connectivity index (χ3n) is 4.19. The summed E-state index contributed by atoms with van der Waals surface area (Å²) in [5.74, 6) is 1.17. The Morgan fingerprint density at radius 3 is 2.81 bits per heavy atom. The number of nitrogens with two attached hydrogens (primary N) is 1. The van der Waals surface area contributed by atoms with Crippen LogP contribution in [0.5, 0.6) is 5.75 Å². The maximum Gasteiger partial charge on any atom is 0.212 e. The number of hydrogen-bond donors (Lipinski definition) is 1. The maximum atomic E-state index is 13.5. The number of thioether (sulfide) groups is 1. The molecule has 1 aromatic heterocycles. The minimum absolute atomic E-state index is 0.377. The van der Waals surface area contributed by atoms with Crippen LogP contribution in [-0.4, -0.2) is 33.4 Å². The zero-order valence-corrected chi connectivity index (χ0v) is 15.0. The van der Waals surface area contributed by atoms with Crippen LogP contribution in [0, 0.1) is 12.7 Å². The van der Waals surface area contributed by atoms with Gasteiger partial charge in [0.05, 0.1) is 18.4 Å². The van der Waals surface area contributed by atoms with E-state index in [2.05, 4.69) is 10.2 Å². The van der Waals surface area contributed by atoms with Gasteiger partial charge in [-0.15, -0.1) is 10.2 Å². The molecule has 4 rings (SSSR count). The second kappa shape index (κ2) is 6.45. The summed E-state index contributed by atoms with van der Waals surface area (Å²) in [6.45, 7) is 1.97. The molecule has 132 valence electrons. The Kier molecular flexibility index (Phi) is 4.12. The van der Waals surface area contributed by atoms with E-state index in [0.29, 0.717) is 28.0 Å². The topological polar surface area (TPSA) is 78.3 Å². The number of nitrogen functional groups attached to an aromatic ring is 1. The second-order valence-corrected chi connectivity index (χ2v) is 6.81. The Labute approximate surface area is 153 Å². The van der Waals surface area contributed by atoms with Crippen molar-refractivity contribution in [1.29, 1.82) is 0 Å². The number of aromatic nitrogens is 3. The van der Waals surface area contributed by atoms with Crippen LogP contribution in [0.25, 0.3) is 11.4 Å². The Morgan fingerprint density at radius 1 is 1.19 bits per heavy atom. The van der Waals surface area contributed by atoms with Gasteiger partial charge < -0.3 is 10.5 Å². The Hall–Kier alpha value is -2.87. The highest BCUT2D eigenvalue weighted by Crippen LogP contribution is 2.33. The summed E-state index contributed by atoms with van der Waals surface area (Å²) in [7, 11) is 1.49. The molecule has 26 heavy (non-hydrogen) atoms. The van der Waals surface area contributed by atoms with Crippen LogP contribution in [0.2, 0.25) is 0 Å². The van der Waals surface area contributed by atoms with Crippen molar-refractivity contribution in [2.24, 2.45) is 5.10 Å². The van der Waals surface area contributed by atoms with Crippen molar-refractivity contribution in [2.45, 2.75) is 12.1 Å². The molecule has 6 nitrogen and oxygen atoms in total. The second-order valence-electron chi connectivity index (χ2n) is 5.87. The van der Waals surface area contributed by atoms with Crippen LogP contribution in [0.4, 0.5) is 10.1 Å². The highest BCUT2D eigenvalue weighted by atomic mass is 32.2. The molecule has 0 saturated carbocycles. The molecule has 2 heterocycles. The van der Waals surface area contributed by atoms with Gasteiger partial charge >= 0.3 is 0 Å². The number of hydrogen-bond acceptors (Lipinski definition) is 6. The normalized spacial score (nSPS) is 13.3.